The van der Waals surface area contributed by atoms with Crippen molar-refractivity contribution in [3.8, 4) is 0 Å². The Bertz CT molecular complexity index is 418. The summed E-state index contributed by atoms with van der Waals surface area (Å²) >= 11 is 0. The van der Waals surface area contributed by atoms with Gasteiger partial charge in [0.2, 0.25) is 5.91 Å². The minimum absolute atomic E-state index is 0.00217. The number of hydrogen-bond donors (Lipinski definition) is 2. The number of rotatable bonds is 5. The van der Waals surface area contributed by atoms with Gasteiger partial charge in [-0.2, -0.15) is 0 Å². The Labute approximate surface area is 107 Å². The highest BCUT2D eigenvalue weighted by atomic mass is 19.1. The molecule has 1 aliphatic heterocycles. The van der Waals surface area contributed by atoms with Gasteiger partial charge in [-0.15, -0.1) is 0 Å². The minimum atomic E-state index is -0.235. The lowest BCUT2D eigenvalue weighted by Crippen LogP contribution is -2.48. The van der Waals surface area contributed by atoms with Crippen LogP contribution < -0.4 is 10.6 Å². The van der Waals surface area contributed by atoms with Crippen LogP contribution in [-0.2, 0) is 4.79 Å². The SMILES string of the molecule is CC(CC(=O)NCC1CNC1)c1ccccc1F. The van der Waals surface area contributed by atoms with Crippen LogP contribution in [-0.4, -0.2) is 25.5 Å². The van der Waals surface area contributed by atoms with Gasteiger partial charge in [-0.3, -0.25) is 4.79 Å². The van der Waals surface area contributed by atoms with Gasteiger partial charge in [-0.05, 0) is 17.5 Å². The first kappa shape index (κ1) is 13.0. The summed E-state index contributed by atoms with van der Waals surface area (Å²) < 4.78 is 13.5. The van der Waals surface area contributed by atoms with Crippen LogP contribution in [0.15, 0.2) is 24.3 Å². The van der Waals surface area contributed by atoms with Crippen molar-refractivity contribution < 1.29 is 9.18 Å². The smallest absolute Gasteiger partial charge is 0.220 e. The Morgan fingerprint density at radius 1 is 1.50 bits per heavy atom. The van der Waals surface area contributed by atoms with Crippen LogP contribution >= 0.6 is 0 Å². The van der Waals surface area contributed by atoms with Gasteiger partial charge in [0.1, 0.15) is 5.82 Å². The van der Waals surface area contributed by atoms with Crippen molar-refractivity contribution in [3.63, 3.8) is 0 Å². The summed E-state index contributed by atoms with van der Waals surface area (Å²) in [5, 5.41) is 6.06. The van der Waals surface area contributed by atoms with Crippen molar-refractivity contribution >= 4 is 5.91 Å². The molecule has 1 aromatic rings. The Kier molecular flexibility index (Phi) is 4.31. The van der Waals surface area contributed by atoms with Gasteiger partial charge in [0, 0.05) is 32.0 Å². The Balaban J connectivity index is 1.81. The molecule has 98 valence electrons. The zero-order valence-corrected chi connectivity index (χ0v) is 10.6. The molecule has 4 heteroatoms. The number of benzene rings is 1. The van der Waals surface area contributed by atoms with E-state index in [4.69, 9.17) is 0 Å². The second kappa shape index (κ2) is 5.96. The highest BCUT2D eigenvalue weighted by molar-refractivity contribution is 5.76. The topological polar surface area (TPSA) is 41.1 Å². The summed E-state index contributed by atoms with van der Waals surface area (Å²) in [5.41, 5.74) is 0.609. The zero-order chi connectivity index (χ0) is 13.0. The predicted molar refractivity (Wildman–Crippen MR) is 68.8 cm³/mol. The third-order valence-corrected chi connectivity index (χ3v) is 3.38. The molecule has 2 N–H and O–H groups in total. The molecule has 1 saturated heterocycles. The standard InChI is InChI=1S/C14H19FN2O/c1-10(12-4-2-3-5-13(12)15)6-14(18)17-9-11-7-16-8-11/h2-5,10-11,16H,6-9H2,1H3,(H,17,18). The van der Waals surface area contributed by atoms with E-state index in [1.165, 1.54) is 6.07 Å². The van der Waals surface area contributed by atoms with Gasteiger partial charge in [0.25, 0.3) is 0 Å². The fraction of sp³-hybridized carbons (Fsp3) is 0.500. The second-order valence-corrected chi connectivity index (χ2v) is 4.96. The van der Waals surface area contributed by atoms with Crippen molar-refractivity contribution in [2.45, 2.75) is 19.3 Å². The monoisotopic (exact) mass is 250 g/mol. The summed E-state index contributed by atoms with van der Waals surface area (Å²) in [6, 6.07) is 6.63. The van der Waals surface area contributed by atoms with Crippen molar-refractivity contribution in [3.05, 3.63) is 35.6 Å². The predicted octanol–water partition coefficient (Wildman–Crippen LogP) is 1.65. The van der Waals surface area contributed by atoms with Gasteiger partial charge >= 0.3 is 0 Å². The van der Waals surface area contributed by atoms with Crippen LogP contribution in [0, 0.1) is 11.7 Å². The molecule has 1 fully saturated rings. The lowest BCUT2D eigenvalue weighted by atomic mass is 9.96. The zero-order valence-electron chi connectivity index (χ0n) is 10.6. The molecule has 0 aromatic heterocycles. The first-order valence-corrected chi connectivity index (χ1v) is 6.38. The van der Waals surface area contributed by atoms with E-state index in [1.807, 2.05) is 6.92 Å². The Hall–Kier alpha value is -1.42. The fourth-order valence-corrected chi connectivity index (χ4v) is 2.09. The lowest BCUT2D eigenvalue weighted by Gasteiger charge is -2.27. The highest BCUT2D eigenvalue weighted by Gasteiger charge is 2.19. The molecule has 0 bridgehead atoms. The van der Waals surface area contributed by atoms with Gasteiger partial charge in [0.05, 0.1) is 0 Å². The molecular formula is C14H19FN2O. The number of carbonyl (C=O) groups excluding carboxylic acids is 1. The van der Waals surface area contributed by atoms with Crippen LogP contribution in [0.4, 0.5) is 4.39 Å². The van der Waals surface area contributed by atoms with Crippen LogP contribution in [0.1, 0.15) is 24.8 Å². The molecule has 1 atom stereocenters. The molecular weight excluding hydrogens is 231 g/mol. The van der Waals surface area contributed by atoms with E-state index < -0.39 is 0 Å². The first-order valence-electron chi connectivity index (χ1n) is 6.38. The Morgan fingerprint density at radius 3 is 2.83 bits per heavy atom. The number of nitrogens with one attached hydrogen (secondary N) is 2. The number of hydrogen-bond acceptors (Lipinski definition) is 2. The molecule has 0 radical (unpaired) electrons. The maximum Gasteiger partial charge on any atom is 0.220 e. The summed E-state index contributed by atoms with van der Waals surface area (Å²) in [5.74, 6) is 0.224. The number of amides is 1. The van der Waals surface area contributed by atoms with Gasteiger partial charge in [-0.25, -0.2) is 4.39 Å². The van der Waals surface area contributed by atoms with Gasteiger partial charge in [0.15, 0.2) is 0 Å². The molecule has 1 heterocycles. The summed E-state index contributed by atoms with van der Waals surface area (Å²) in [6.45, 7) is 4.55. The summed E-state index contributed by atoms with van der Waals surface area (Å²) in [6.07, 6.45) is 0.334. The summed E-state index contributed by atoms with van der Waals surface area (Å²) in [7, 11) is 0. The molecule has 0 aliphatic carbocycles. The van der Waals surface area contributed by atoms with Crippen LogP contribution in [0.25, 0.3) is 0 Å². The largest absolute Gasteiger partial charge is 0.356 e. The second-order valence-electron chi connectivity index (χ2n) is 4.96. The first-order chi connectivity index (χ1) is 8.66. The maximum atomic E-state index is 13.5. The van der Waals surface area contributed by atoms with Crippen molar-refractivity contribution in [1.29, 1.82) is 0 Å². The molecule has 1 amide bonds. The summed E-state index contributed by atoms with van der Waals surface area (Å²) in [4.78, 5) is 11.7. The molecule has 1 unspecified atom stereocenters. The van der Waals surface area contributed by atoms with E-state index in [9.17, 15) is 9.18 Å². The van der Waals surface area contributed by atoms with E-state index in [0.717, 1.165) is 19.6 Å². The van der Waals surface area contributed by atoms with Crippen LogP contribution in [0.2, 0.25) is 0 Å². The molecule has 3 nitrogen and oxygen atoms in total. The lowest BCUT2D eigenvalue weighted by molar-refractivity contribution is -0.121. The van der Waals surface area contributed by atoms with E-state index in [2.05, 4.69) is 10.6 Å². The van der Waals surface area contributed by atoms with Crippen LogP contribution in [0.3, 0.4) is 0 Å². The Morgan fingerprint density at radius 2 is 2.22 bits per heavy atom. The number of halogens is 1. The van der Waals surface area contributed by atoms with Gasteiger partial charge < -0.3 is 10.6 Å². The van der Waals surface area contributed by atoms with E-state index in [0.29, 0.717) is 17.9 Å². The molecule has 1 aliphatic rings. The normalized spacial score (nSPS) is 17.0. The fourth-order valence-electron chi connectivity index (χ4n) is 2.09. The highest BCUT2D eigenvalue weighted by Crippen LogP contribution is 2.21. The van der Waals surface area contributed by atoms with E-state index >= 15 is 0 Å². The molecule has 1 aromatic carbocycles. The van der Waals surface area contributed by atoms with E-state index in [-0.39, 0.29) is 17.6 Å². The van der Waals surface area contributed by atoms with Crippen LogP contribution in [0.5, 0.6) is 0 Å². The minimum Gasteiger partial charge on any atom is -0.356 e. The third kappa shape index (κ3) is 3.29. The van der Waals surface area contributed by atoms with Gasteiger partial charge in [-0.1, -0.05) is 25.1 Å². The van der Waals surface area contributed by atoms with E-state index in [1.54, 1.807) is 18.2 Å². The molecule has 2 rings (SSSR count). The maximum absolute atomic E-state index is 13.5. The molecule has 0 saturated carbocycles. The average molecular weight is 250 g/mol. The van der Waals surface area contributed by atoms with Crippen molar-refractivity contribution in [1.82, 2.24) is 10.6 Å². The number of carbonyl (C=O) groups is 1. The third-order valence-electron chi connectivity index (χ3n) is 3.38. The molecule has 0 spiro atoms. The quantitative estimate of drug-likeness (QED) is 0.834. The van der Waals surface area contributed by atoms with Crippen molar-refractivity contribution in [2.75, 3.05) is 19.6 Å². The van der Waals surface area contributed by atoms with Crippen molar-refractivity contribution in [2.24, 2.45) is 5.92 Å². The molecule has 18 heavy (non-hydrogen) atoms. The average Bonchev–Trinajstić information content (AvgIpc) is 2.27.